The Morgan fingerprint density at radius 2 is 1.69 bits per heavy atom. The van der Waals surface area contributed by atoms with Crippen molar-refractivity contribution >= 4 is 6.21 Å². The zero-order valence-corrected chi connectivity index (χ0v) is 13.8. The molecule has 2 aromatic heterocycles. The standard InChI is InChI=1S/C20H15N5O/c21-14-15-6-4-5-9-17(15)24-13-11-19(26)20(23-24)18-10-12-22-25(18)16-7-2-1-3-8-16/h1-14,21H. The lowest BCUT2D eigenvalue weighted by molar-refractivity contribution is 0.822. The fourth-order valence-electron chi connectivity index (χ4n) is 2.80. The van der Waals surface area contributed by atoms with Gasteiger partial charge < -0.3 is 5.41 Å². The number of rotatable bonds is 4. The Labute approximate surface area is 149 Å². The predicted octanol–water partition coefficient (Wildman–Crippen LogP) is 3.08. The Balaban J connectivity index is 1.89. The van der Waals surface area contributed by atoms with Crippen molar-refractivity contribution in [3.63, 3.8) is 0 Å². The third-order valence-electron chi connectivity index (χ3n) is 4.03. The Hall–Kier alpha value is -3.80. The molecule has 0 radical (unpaired) electrons. The van der Waals surface area contributed by atoms with Crippen LogP contribution in [-0.2, 0) is 0 Å². The molecule has 0 spiro atoms. The number of hydrogen-bond acceptors (Lipinski definition) is 4. The summed E-state index contributed by atoms with van der Waals surface area (Å²) >= 11 is 0. The summed E-state index contributed by atoms with van der Waals surface area (Å²) in [6.07, 6.45) is 4.52. The zero-order chi connectivity index (χ0) is 17.9. The molecule has 26 heavy (non-hydrogen) atoms. The summed E-state index contributed by atoms with van der Waals surface area (Å²) in [4.78, 5) is 12.5. The maximum atomic E-state index is 12.5. The third-order valence-corrected chi connectivity index (χ3v) is 4.03. The maximum absolute atomic E-state index is 12.5. The second kappa shape index (κ2) is 6.60. The van der Waals surface area contributed by atoms with Crippen LogP contribution in [0.25, 0.3) is 22.8 Å². The van der Waals surface area contributed by atoms with Crippen LogP contribution in [0.5, 0.6) is 0 Å². The van der Waals surface area contributed by atoms with E-state index in [1.807, 2.05) is 54.6 Å². The number of para-hydroxylation sites is 2. The zero-order valence-electron chi connectivity index (χ0n) is 13.8. The van der Waals surface area contributed by atoms with Gasteiger partial charge >= 0.3 is 0 Å². The minimum Gasteiger partial charge on any atom is -0.308 e. The van der Waals surface area contributed by atoms with Crippen LogP contribution in [0.3, 0.4) is 0 Å². The van der Waals surface area contributed by atoms with Crippen molar-refractivity contribution in [3.05, 3.63) is 94.9 Å². The van der Waals surface area contributed by atoms with Gasteiger partial charge in [-0.2, -0.15) is 10.2 Å². The highest BCUT2D eigenvalue weighted by atomic mass is 16.1. The SMILES string of the molecule is N=Cc1ccccc1-n1ccc(=O)c(-c2ccnn2-c2ccccc2)n1. The molecule has 0 fully saturated rings. The van der Waals surface area contributed by atoms with Gasteiger partial charge in [-0.3, -0.25) is 4.79 Å². The lowest BCUT2D eigenvalue weighted by atomic mass is 10.2. The van der Waals surface area contributed by atoms with E-state index in [1.54, 1.807) is 27.8 Å². The number of aromatic nitrogens is 4. The van der Waals surface area contributed by atoms with Crippen molar-refractivity contribution in [3.8, 4) is 22.8 Å². The minimum absolute atomic E-state index is 0.189. The minimum atomic E-state index is -0.189. The molecule has 0 amide bonds. The highest BCUT2D eigenvalue weighted by Crippen LogP contribution is 2.19. The van der Waals surface area contributed by atoms with Crippen molar-refractivity contribution < 1.29 is 0 Å². The Bertz CT molecular complexity index is 1130. The summed E-state index contributed by atoms with van der Waals surface area (Å²) in [5, 5.41) is 16.4. The first-order valence-corrected chi connectivity index (χ1v) is 8.07. The Kier molecular flexibility index (Phi) is 3.99. The monoisotopic (exact) mass is 341 g/mol. The van der Waals surface area contributed by atoms with Gasteiger partial charge in [0.05, 0.1) is 23.3 Å². The van der Waals surface area contributed by atoms with Crippen LogP contribution in [0.2, 0.25) is 0 Å². The molecule has 6 heteroatoms. The molecule has 0 aliphatic carbocycles. The average Bonchev–Trinajstić information content (AvgIpc) is 3.18. The summed E-state index contributed by atoms with van der Waals surface area (Å²) in [5.74, 6) is 0. The lowest BCUT2D eigenvalue weighted by Crippen LogP contribution is -2.15. The smallest absolute Gasteiger partial charge is 0.209 e. The fraction of sp³-hybridized carbons (Fsp3) is 0. The lowest BCUT2D eigenvalue weighted by Gasteiger charge is -2.11. The normalized spacial score (nSPS) is 10.6. The molecule has 4 rings (SSSR count). The Morgan fingerprint density at radius 1 is 0.923 bits per heavy atom. The van der Waals surface area contributed by atoms with E-state index in [4.69, 9.17) is 5.41 Å². The Morgan fingerprint density at radius 3 is 2.50 bits per heavy atom. The molecule has 0 atom stereocenters. The van der Waals surface area contributed by atoms with E-state index in [9.17, 15) is 4.79 Å². The van der Waals surface area contributed by atoms with Gasteiger partial charge in [0.15, 0.2) is 5.69 Å². The van der Waals surface area contributed by atoms with Crippen LogP contribution in [0, 0.1) is 5.41 Å². The first-order chi connectivity index (χ1) is 12.8. The largest absolute Gasteiger partial charge is 0.308 e. The van der Waals surface area contributed by atoms with Gasteiger partial charge in [-0.15, -0.1) is 0 Å². The second-order valence-corrected chi connectivity index (χ2v) is 5.64. The molecule has 0 aliphatic heterocycles. The van der Waals surface area contributed by atoms with Crippen LogP contribution < -0.4 is 5.43 Å². The fourth-order valence-corrected chi connectivity index (χ4v) is 2.80. The van der Waals surface area contributed by atoms with Crippen LogP contribution >= 0.6 is 0 Å². The van der Waals surface area contributed by atoms with Crippen LogP contribution in [0.4, 0.5) is 0 Å². The van der Waals surface area contributed by atoms with E-state index in [1.165, 1.54) is 12.3 Å². The summed E-state index contributed by atoms with van der Waals surface area (Å²) in [7, 11) is 0. The molecule has 126 valence electrons. The van der Waals surface area contributed by atoms with Gasteiger partial charge in [-0.05, 0) is 24.3 Å². The number of benzene rings is 2. The van der Waals surface area contributed by atoms with Crippen molar-refractivity contribution in [1.82, 2.24) is 19.6 Å². The first-order valence-electron chi connectivity index (χ1n) is 8.07. The molecule has 0 bridgehead atoms. The third kappa shape index (κ3) is 2.73. The summed E-state index contributed by atoms with van der Waals surface area (Å²) < 4.78 is 3.30. The van der Waals surface area contributed by atoms with Gasteiger partial charge in [0.1, 0.15) is 0 Å². The summed E-state index contributed by atoms with van der Waals surface area (Å²) in [6, 6.07) is 20.3. The van der Waals surface area contributed by atoms with Gasteiger partial charge in [0.25, 0.3) is 0 Å². The van der Waals surface area contributed by atoms with E-state index >= 15 is 0 Å². The number of nitrogens with one attached hydrogen (secondary N) is 1. The highest BCUT2D eigenvalue weighted by Gasteiger charge is 2.14. The number of hydrogen-bond donors (Lipinski definition) is 1. The summed E-state index contributed by atoms with van der Waals surface area (Å²) in [5.41, 5.74) is 3.02. The molecular formula is C20H15N5O. The quantitative estimate of drug-likeness (QED) is 0.580. The van der Waals surface area contributed by atoms with Crippen LogP contribution in [-0.4, -0.2) is 25.8 Å². The first kappa shape index (κ1) is 15.7. The molecule has 1 N–H and O–H groups in total. The molecule has 2 heterocycles. The van der Waals surface area contributed by atoms with Crippen molar-refractivity contribution in [1.29, 1.82) is 5.41 Å². The van der Waals surface area contributed by atoms with Gasteiger partial charge in [-0.25, -0.2) is 9.36 Å². The molecule has 0 aliphatic rings. The molecular weight excluding hydrogens is 326 g/mol. The number of nitrogens with zero attached hydrogens (tertiary/aromatic N) is 4. The highest BCUT2D eigenvalue weighted by molar-refractivity contribution is 5.82. The molecule has 0 saturated heterocycles. The molecule has 4 aromatic rings. The average molecular weight is 341 g/mol. The van der Waals surface area contributed by atoms with Crippen molar-refractivity contribution in [2.75, 3.05) is 0 Å². The molecule has 6 nitrogen and oxygen atoms in total. The predicted molar refractivity (Wildman–Crippen MR) is 100 cm³/mol. The summed E-state index contributed by atoms with van der Waals surface area (Å²) in [6.45, 7) is 0. The molecule has 0 saturated carbocycles. The van der Waals surface area contributed by atoms with E-state index in [2.05, 4.69) is 10.2 Å². The molecule has 0 unspecified atom stereocenters. The van der Waals surface area contributed by atoms with Gasteiger partial charge in [-0.1, -0.05) is 36.4 Å². The van der Waals surface area contributed by atoms with Crippen molar-refractivity contribution in [2.24, 2.45) is 0 Å². The van der Waals surface area contributed by atoms with Gasteiger partial charge in [0, 0.05) is 24.0 Å². The van der Waals surface area contributed by atoms with Crippen LogP contribution in [0.1, 0.15) is 5.56 Å². The van der Waals surface area contributed by atoms with E-state index in [0.29, 0.717) is 17.0 Å². The molecule has 2 aromatic carbocycles. The van der Waals surface area contributed by atoms with E-state index in [-0.39, 0.29) is 5.43 Å². The van der Waals surface area contributed by atoms with Crippen molar-refractivity contribution in [2.45, 2.75) is 0 Å². The maximum Gasteiger partial charge on any atom is 0.209 e. The van der Waals surface area contributed by atoms with E-state index in [0.717, 1.165) is 11.4 Å². The van der Waals surface area contributed by atoms with Crippen LogP contribution in [0.15, 0.2) is 83.9 Å². The topological polar surface area (TPSA) is 76.6 Å². The second-order valence-electron chi connectivity index (χ2n) is 5.64. The van der Waals surface area contributed by atoms with Gasteiger partial charge in [0.2, 0.25) is 5.43 Å². The van der Waals surface area contributed by atoms with E-state index < -0.39 is 0 Å².